The number of hydrogen-bond acceptors (Lipinski definition) is 0. The van der Waals surface area contributed by atoms with Gasteiger partial charge in [0.1, 0.15) is 0 Å². The van der Waals surface area contributed by atoms with Crippen LogP contribution in [-0.2, 0) is 0 Å². The highest BCUT2D eigenvalue weighted by molar-refractivity contribution is 6.91. The van der Waals surface area contributed by atoms with Gasteiger partial charge in [0.25, 0.3) is 0 Å². The molecule has 0 spiro atoms. The zero-order chi connectivity index (χ0) is 21.7. The summed E-state index contributed by atoms with van der Waals surface area (Å²) in [5.74, 6) is 0. The van der Waals surface area contributed by atoms with Crippen molar-refractivity contribution in [1.29, 1.82) is 0 Å². The average molecular weight is 426 g/mol. The Morgan fingerprint density at radius 3 is 1.80 bits per heavy atom. The zero-order valence-corrected chi connectivity index (χ0v) is 21.4. The van der Waals surface area contributed by atoms with E-state index in [0.29, 0.717) is 0 Å². The maximum absolute atomic E-state index is 2.53. The van der Waals surface area contributed by atoms with Crippen molar-refractivity contribution in [1.82, 2.24) is 0 Å². The monoisotopic (exact) mass is 425 g/mol. The van der Waals surface area contributed by atoms with Crippen LogP contribution in [0.4, 0.5) is 0 Å². The Labute approximate surface area is 184 Å². The van der Waals surface area contributed by atoms with Crippen LogP contribution in [0.15, 0.2) is 66.2 Å². The van der Waals surface area contributed by atoms with Gasteiger partial charge in [0, 0.05) is 6.42 Å². The minimum atomic E-state index is -1.44. The van der Waals surface area contributed by atoms with Crippen LogP contribution in [0.5, 0.6) is 0 Å². The first-order valence-electron chi connectivity index (χ1n) is 11.0. The van der Waals surface area contributed by atoms with Crippen LogP contribution >= 0.6 is 0 Å². The topological polar surface area (TPSA) is 0 Å². The van der Waals surface area contributed by atoms with Crippen molar-refractivity contribution in [2.45, 2.75) is 46.2 Å². The summed E-state index contributed by atoms with van der Waals surface area (Å²) < 4.78 is 0. The van der Waals surface area contributed by atoms with Gasteiger partial charge in [-0.25, -0.2) is 0 Å². The SMILES string of the molecule is CC1=Cc2c(ccc(-c3ccccc3)c2-c2cc([Si](C)(C)C)cc([Si](C)(C)C)c2)[CH]1. The fraction of sp³-hybridized carbons (Fsp3) is 0.250. The van der Waals surface area contributed by atoms with Gasteiger partial charge >= 0.3 is 0 Å². The second-order valence-electron chi connectivity index (χ2n) is 10.7. The fourth-order valence-corrected chi connectivity index (χ4v) is 6.74. The summed E-state index contributed by atoms with van der Waals surface area (Å²) in [7, 11) is -2.89. The maximum atomic E-state index is 2.53. The Balaban J connectivity index is 2.07. The van der Waals surface area contributed by atoms with Crippen LogP contribution in [0.1, 0.15) is 18.1 Å². The molecule has 1 aliphatic rings. The van der Waals surface area contributed by atoms with E-state index in [9.17, 15) is 0 Å². The van der Waals surface area contributed by atoms with Gasteiger partial charge in [0.05, 0.1) is 16.1 Å². The van der Waals surface area contributed by atoms with E-state index in [4.69, 9.17) is 0 Å². The molecular weight excluding hydrogens is 392 g/mol. The molecule has 30 heavy (non-hydrogen) atoms. The summed E-state index contributed by atoms with van der Waals surface area (Å²) in [6.45, 7) is 17.0. The van der Waals surface area contributed by atoms with Gasteiger partial charge in [-0.1, -0.05) is 122 Å². The summed E-state index contributed by atoms with van der Waals surface area (Å²) in [5.41, 5.74) is 9.47. The Kier molecular flexibility index (Phi) is 5.28. The van der Waals surface area contributed by atoms with Gasteiger partial charge in [-0.3, -0.25) is 0 Å². The molecule has 0 nitrogen and oxygen atoms in total. The number of fused-ring (bicyclic) bond motifs is 1. The van der Waals surface area contributed by atoms with Crippen LogP contribution in [0, 0.1) is 6.42 Å². The smallest absolute Gasteiger partial charge is 0.0656 e. The molecule has 1 aliphatic carbocycles. The number of hydrogen-bond donors (Lipinski definition) is 0. The van der Waals surface area contributed by atoms with E-state index in [0.717, 1.165) is 0 Å². The van der Waals surface area contributed by atoms with Crippen molar-refractivity contribution in [2.24, 2.45) is 0 Å². The first-order valence-corrected chi connectivity index (χ1v) is 18.0. The van der Waals surface area contributed by atoms with E-state index < -0.39 is 16.1 Å². The summed E-state index contributed by atoms with van der Waals surface area (Å²) in [6, 6.07) is 23.0. The largest absolute Gasteiger partial charge is 0.0776 e. The summed E-state index contributed by atoms with van der Waals surface area (Å²) in [6.07, 6.45) is 4.68. The third-order valence-electron chi connectivity index (χ3n) is 6.07. The first-order chi connectivity index (χ1) is 14.0. The molecule has 0 fully saturated rings. The molecule has 0 unspecified atom stereocenters. The summed E-state index contributed by atoms with van der Waals surface area (Å²) in [4.78, 5) is 0. The molecule has 3 aromatic carbocycles. The summed E-state index contributed by atoms with van der Waals surface area (Å²) in [5, 5.41) is 3.13. The molecular formula is C28H33Si2. The summed E-state index contributed by atoms with van der Waals surface area (Å²) >= 11 is 0. The van der Waals surface area contributed by atoms with E-state index in [-0.39, 0.29) is 0 Å². The zero-order valence-electron chi connectivity index (χ0n) is 19.4. The van der Waals surface area contributed by atoms with Crippen molar-refractivity contribution in [3.05, 3.63) is 83.8 Å². The molecule has 0 saturated carbocycles. The highest BCUT2D eigenvalue weighted by atomic mass is 28.3. The molecule has 0 N–H and O–H groups in total. The third-order valence-corrected chi connectivity index (χ3v) is 10.1. The number of rotatable bonds is 4. The second kappa shape index (κ2) is 7.51. The molecule has 2 heteroatoms. The van der Waals surface area contributed by atoms with Gasteiger partial charge in [-0.2, -0.15) is 0 Å². The van der Waals surface area contributed by atoms with Crippen molar-refractivity contribution in [2.75, 3.05) is 0 Å². The predicted molar refractivity (Wildman–Crippen MR) is 140 cm³/mol. The Morgan fingerprint density at radius 2 is 1.23 bits per heavy atom. The maximum Gasteiger partial charge on any atom is 0.0776 e. The van der Waals surface area contributed by atoms with Crippen molar-refractivity contribution < 1.29 is 0 Å². The van der Waals surface area contributed by atoms with Gasteiger partial charge < -0.3 is 0 Å². The molecule has 0 saturated heterocycles. The van der Waals surface area contributed by atoms with Crippen molar-refractivity contribution in [3.63, 3.8) is 0 Å². The third kappa shape index (κ3) is 4.04. The molecule has 0 bridgehead atoms. The first kappa shape index (κ1) is 21.1. The lowest BCUT2D eigenvalue weighted by atomic mass is 9.89. The number of allylic oxidation sites excluding steroid dienone is 1. The lowest BCUT2D eigenvalue weighted by Crippen LogP contribution is -2.45. The van der Waals surface area contributed by atoms with Gasteiger partial charge in [0.2, 0.25) is 0 Å². The van der Waals surface area contributed by atoms with Crippen molar-refractivity contribution >= 4 is 32.6 Å². The average Bonchev–Trinajstić information content (AvgIpc) is 3.06. The van der Waals surface area contributed by atoms with Crippen LogP contribution in [-0.4, -0.2) is 16.1 Å². The second-order valence-corrected chi connectivity index (χ2v) is 20.8. The molecule has 3 aromatic rings. The van der Waals surface area contributed by atoms with Crippen LogP contribution in [0.2, 0.25) is 39.3 Å². The van der Waals surface area contributed by atoms with E-state index in [1.807, 2.05) is 0 Å². The molecule has 4 rings (SSSR count). The van der Waals surface area contributed by atoms with E-state index in [1.165, 1.54) is 39.0 Å². The minimum absolute atomic E-state index is 1.29. The molecule has 1 radical (unpaired) electrons. The van der Waals surface area contributed by atoms with Gasteiger partial charge in [-0.05, 0) is 40.3 Å². The molecule has 0 atom stereocenters. The molecule has 0 aliphatic heterocycles. The Hall–Kier alpha value is -2.17. The molecule has 0 aromatic heterocycles. The van der Waals surface area contributed by atoms with E-state index in [1.54, 1.807) is 10.4 Å². The highest BCUT2D eigenvalue weighted by Crippen LogP contribution is 2.41. The predicted octanol–water partition coefficient (Wildman–Crippen LogP) is 7.08. The fourth-order valence-electron chi connectivity index (χ4n) is 4.24. The standard InChI is InChI=1S/C28H33Si2/c1-20-15-22-13-14-26(21-11-9-8-10-12-21)28(27(22)16-20)23-17-24(29(2,3)4)19-25(18-23)30(5,6)7/h8-19H,1-7H3. The normalized spacial score (nSPS) is 13.9. The van der Waals surface area contributed by atoms with Gasteiger partial charge in [0.15, 0.2) is 0 Å². The van der Waals surface area contributed by atoms with E-state index in [2.05, 4.69) is 119 Å². The molecule has 0 amide bonds. The highest BCUT2D eigenvalue weighted by Gasteiger charge is 2.26. The van der Waals surface area contributed by atoms with Crippen LogP contribution in [0.3, 0.4) is 0 Å². The van der Waals surface area contributed by atoms with E-state index >= 15 is 0 Å². The molecule has 0 heterocycles. The number of benzene rings is 3. The minimum Gasteiger partial charge on any atom is -0.0656 e. The van der Waals surface area contributed by atoms with Gasteiger partial charge in [-0.15, -0.1) is 0 Å². The molecule has 153 valence electrons. The van der Waals surface area contributed by atoms with Crippen LogP contribution < -0.4 is 10.4 Å². The van der Waals surface area contributed by atoms with Crippen molar-refractivity contribution in [3.8, 4) is 22.3 Å². The Morgan fingerprint density at radius 1 is 0.633 bits per heavy atom. The van der Waals surface area contributed by atoms with Crippen LogP contribution in [0.25, 0.3) is 28.3 Å². The lowest BCUT2D eigenvalue weighted by Gasteiger charge is -2.25. The Bertz CT molecular complexity index is 1090. The quantitative estimate of drug-likeness (QED) is 0.392. The lowest BCUT2D eigenvalue weighted by molar-refractivity contribution is 1.44.